The molecule has 3 aromatic rings. The largest absolute Gasteiger partial charge is 0.469 e. The molecule has 1 aromatic heterocycles. The lowest BCUT2D eigenvalue weighted by atomic mass is 9.97. The Bertz CT molecular complexity index is 1180. The van der Waals surface area contributed by atoms with Crippen molar-refractivity contribution in [3.8, 4) is 22.8 Å². The highest BCUT2D eigenvalue weighted by Crippen LogP contribution is 2.29. The number of piperidine rings is 1. The van der Waals surface area contributed by atoms with Crippen molar-refractivity contribution in [1.82, 2.24) is 9.88 Å². The molecule has 2 aromatic carbocycles. The quantitative estimate of drug-likeness (QED) is 0.511. The number of halogens is 1. The van der Waals surface area contributed by atoms with Crippen LogP contribution in [0.5, 0.6) is 0 Å². The van der Waals surface area contributed by atoms with Crippen LogP contribution in [0.4, 0.5) is 4.39 Å². The second-order valence-electron chi connectivity index (χ2n) is 7.84. The number of nitrogens with zero attached hydrogens (tertiary/aromatic N) is 2. The highest BCUT2D eigenvalue weighted by molar-refractivity contribution is 5.97. The molecular formula is C25H23FN2O6. The van der Waals surface area contributed by atoms with Crippen LogP contribution in [0.3, 0.4) is 0 Å². The summed E-state index contributed by atoms with van der Waals surface area (Å²) in [6.45, 7) is 0.382. The molecular weight excluding hydrogens is 443 g/mol. The number of oxazole rings is 1. The molecule has 0 radical (unpaired) electrons. The van der Waals surface area contributed by atoms with E-state index in [2.05, 4.69) is 4.98 Å². The Kier molecular flexibility index (Phi) is 7.01. The molecule has 0 saturated carbocycles. The second-order valence-corrected chi connectivity index (χ2v) is 7.84. The standard InChI is InChI=1S/C25H23FN2O6/c1-32-24(30)17-10-12-28(13-11-17)22(29)15-33-25(31)20-5-3-2-4-19(20)23-27-14-21(34-23)16-6-8-18(26)9-7-16/h2-9,14,17H,10-13,15H2,1H3. The normalized spacial score (nSPS) is 14.0. The van der Waals surface area contributed by atoms with E-state index >= 15 is 0 Å². The Morgan fingerprint density at radius 2 is 1.79 bits per heavy atom. The van der Waals surface area contributed by atoms with Gasteiger partial charge in [-0.15, -0.1) is 0 Å². The summed E-state index contributed by atoms with van der Waals surface area (Å²) in [4.78, 5) is 42.7. The smallest absolute Gasteiger partial charge is 0.339 e. The van der Waals surface area contributed by atoms with Crippen molar-refractivity contribution < 1.29 is 32.7 Å². The average molecular weight is 466 g/mol. The zero-order valence-corrected chi connectivity index (χ0v) is 18.5. The van der Waals surface area contributed by atoms with E-state index in [0.717, 1.165) is 0 Å². The molecule has 1 fully saturated rings. The predicted octanol–water partition coefficient (Wildman–Crippen LogP) is 3.72. The fourth-order valence-corrected chi connectivity index (χ4v) is 3.82. The number of hydrogen-bond donors (Lipinski definition) is 0. The average Bonchev–Trinajstić information content (AvgIpc) is 3.37. The monoisotopic (exact) mass is 466 g/mol. The summed E-state index contributed by atoms with van der Waals surface area (Å²) in [5.74, 6) is -1.25. The van der Waals surface area contributed by atoms with Crippen LogP contribution in [0.2, 0.25) is 0 Å². The minimum absolute atomic E-state index is 0.197. The molecule has 1 saturated heterocycles. The number of benzene rings is 2. The minimum Gasteiger partial charge on any atom is -0.469 e. The molecule has 34 heavy (non-hydrogen) atoms. The first-order valence-electron chi connectivity index (χ1n) is 10.8. The van der Waals surface area contributed by atoms with Crippen LogP contribution < -0.4 is 0 Å². The van der Waals surface area contributed by atoms with Gasteiger partial charge in [0.2, 0.25) is 5.89 Å². The maximum atomic E-state index is 13.2. The van der Waals surface area contributed by atoms with Crippen molar-refractivity contribution in [2.45, 2.75) is 12.8 Å². The van der Waals surface area contributed by atoms with Crippen molar-refractivity contribution in [2.24, 2.45) is 5.92 Å². The molecule has 1 aliphatic rings. The number of aromatic nitrogens is 1. The molecule has 0 bridgehead atoms. The first-order valence-corrected chi connectivity index (χ1v) is 10.8. The maximum Gasteiger partial charge on any atom is 0.339 e. The molecule has 8 nitrogen and oxygen atoms in total. The summed E-state index contributed by atoms with van der Waals surface area (Å²) in [6.07, 6.45) is 2.51. The number of carbonyl (C=O) groups is 3. The number of rotatable bonds is 6. The number of amides is 1. The van der Waals surface area contributed by atoms with Gasteiger partial charge in [-0.25, -0.2) is 14.2 Å². The van der Waals surface area contributed by atoms with Crippen LogP contribution in [-0.2, 0) is 19.1 Å². The molecule has 0 unspecified atom stereocenters. The van der Waals surface area contributed by atoms with E-state index in [0.29, 0.717) is 42.8 Å². The molecule has 0 atom stereocenters. The van der Waals surface area contributed by atoms with Gasteiger partial charge >= 0.3 is 11.9 Å². The third kappa shape index (κ3) is 5.14. The summed E-state index contributed by atoms with van der Waals surface area (Å²) in [5, 5.41) is 0. The first-order chi connectivity index (χ1) is 16.5. The highest BCUT2D eigenvalue weighted by Gasteiger charge is 2.28. The van der Waals surface area contributed by atoms with Crippen molar-refractivity contribution in [1.29, 1.82) is 0 Å². The first kappa shape index (κ1) is 23.2. The Morgan fingerprint density at radius 3 is 2.50 bits per heavy atom. The lowest BCUT2D eigenvalue weighted by Gasteiger charge is -2.30. The van der Waals surface area contributed by atoms with Gasteiger partial charge in [-0.05, 0) is 49.2 Å². The molecule has 2 heterocycles. The Hall–Kier alpha value is -4.01. The number of methoxy groups -OCH3 is 1. The lowest BCUT2D eigenvalue weighted by molar-refractivity contribution is -0.149. The number of ether oxygens (including phenoxy) is 2. The van der Waals surface area contributed by atoms with Gasteiger partial charge < -0.3 is 18.8 Å². The van der Waals surface area contributed by atoms with Gasteiger partial charge in [-0.2, -0.15) is 0 Å². The Labute approximate surface area is 195 Å². The maximum absolute atomic E-state index is 13.2. The molecule has 1 amide bonds. The van der Waals surface area contributed by atoms with E-state index < -0.39 is 12.6 Å². The van der Waals surface area contributed by atoms with E-state index in [9.17, 15) is 18.8 Å². The predicted molar refractivity (Wildman–Crippen MR) is 119 cm³/mol. The zero-order valence-electron chi connectivity index (χ0n) is 18.5. The topological polar surface area (TPSA) is 98.9 Å². The van der Waals surface area contributed by atoms with E-state index in [-0.39, 0.29) is 35.1 Å². The van der Waals surface area contributed by atoms with Crippen molar-refractivity contribution >= 4 is 17.8 Å². The summed E-state index contributed by atoms with van der Waals surface area (Å²) in [5.41, 5.74) is 1.25. The lowest BCUT2D eigenvalue weighted by Crippen LogP contribution is -2.42. The Balaban J connectivity index is 1.40. The van der Waals surface area contributed by atoms with Crippen LogP contribution in [-0.4, -0.2) is 54.5 Å². The van der Waals surface area contributed by atoms with Crippen LogP contribution in [0.25, 0.3) is 22.8 Å². The van der Waals surface area contributed by atoms with Gasteiger partial charge in [0.05, 0.1) is 30.4 Å². The molecule has 4 rings (SSSR count). The SMILES string of the molecule is COC(=O)C1CCN(C(=O)COC(=O)c2ccccc2-c2ncc(-c3ccc(F)cc3)o2)CC1. The fourth-order valence-electron chi connectivity index (χ4n) is 3.82. The summed E-state index contributed by atoms with van der Waals surface area (Å²) in [6, 6.07) is 12.4. The van der Waals surface area contributed by atoms with Gasteiger partial charge in [-0.1, -0.05) is 12.1 Å². The summed E-state index contributed by atoms with van der Waals surface area (Å²) < 4.78 is 29.0. The third-order valence-electron chi connectivity index (χ3n) is 5.72. The third-order valence-corrected chi connectivity index (χ3v) is 5.72. The van der Waals surface area contributed by atoms with Gasteiger partial charge in [0, 0.05) is 18.7 Å². The second kappa shape index (κ2) is 10.3. The number of carbonyl (C=O) groups excluding carboxylic acids is 3. The molecule has 176 valence electrons. The van der Waals surface area contributed by atoms with E-state index in [1.54, 1.807) is 41.3 Å². The van der Waals surface area contributed by atoms with Crippen molar-refractivity contribution in [3.05, 3.63) is 66.1 Å². The van der Waals surface area contributed by atoms with Crippen LogP contribution in [0.15, 0.2) is 59.1 Å². The van der Waals surface area contributed by atoms with Crippen molar-refractivity contribution in [3.63, 3.8) is 0 Å². The zero-order chi connectivity index (χ0) is 24.1. The summed E-state index contributed by atoms with van der Waals surface area (Å²) in [7, 11) is 1.35. The minimum atomic E-state index is -0.685. The van der Waals surface area contributed by atoms with Gasteiger partial charge in [0.15, 0.2) is 12.4 Å². The van der Waals surface area contributed by atoms with Gasteiger partial charge in [-0.3, -0.25) is 9.59 Å². The number of esters is 2. The molecule has 0 aliphatic carbocycles. The Morgan fingerprint density at radius 1 is 1.09 bits per heavy atom. The van der Waals surface area contributed by atoms with Gasteiger partial charge in [0.1, 0.15) is 5.82 Å². The highest BCUT2D eigenvalue weighted by atomic mass is 19.1. The van der Waals surface area contributed by atoms with E-state index in [1.165, 1.54) is 25.4 Å². The molecule has 0 N–H and O–H groups in total. The van der Waals surface area contributed by atoms with E-state index in [4.69, 9.17) is 13.9 Å². The fraction of sp³-hybridized carbons (Fsp3) is 0.280. The number of likely N-dealkylation sites (tertiary alicyclic amines) is 1. The molecule has 0 spiro atoms. The van der Waals surface area contributed by atoms with Crippen LogP contribution in [0.1, 0.15) is 23.2 Å². The summed E-state index contributed by atoms with van der Waals surface area (Å²) >= 11 is 0. The molecule has 9 heteroatoms. The molecule has 1 aliphatic heterocycles. The number of hydrogen-bond acceptors (Lipinski definition) is 7. The van der Waals surface area contributed by atoms with Gasteiger partial charge in [0.25, 0.3) is 5.91 Å². The van der Waals surface area contributed by atoms with Crippen molar-refractivity contribution in [2.75, 3.05) is 26.8 Å². The van der Waals surface area contributed by atoms with Crippen LogP contribution >= 0.6 is 0 Å². The van der Waals surface area contributed by atoms with E-state index in [1.807, 2.05) is 0 Å². The van der Waals surface area contributed by atoms with Crippen LogP contribution in [0, 0.1) is 11.7 Å².